The van der Waals surface area contributed by atoms with Crippen LogP contribution in [0.25, 0.3) is 0 Å². The Morgan fingerprint density at radius 2 is 1.66 bits per heavy atom. The number of allylic oxidation sites excluding steroid dienone is 2. The molecule has 1 heterocycles. The molecule has 1 aromatic rings. The first-order chi connectivity index (χ1) is 22.5. The van der Waals surface area contributed by atoms with E-state index in [1.54, 1.807) is 6.07 Å². The van der Waals surface area contributed by atoms with E-state index in [1.165, 1.54) is 12.3 Å². The highest BCUT2D eigenvalue weighted by atomic mass is 16.5. The van der Waals surface area contributed by atoms with Crippen LogP contribution in [0, 0.1) is 22.7 Å². The van der Waals surface area contributed by atoms with Crippen LogP contribution < -0.4 is 5.63 Å². The molecule has 4 fully saturated rings. The molecule has 9 nitrogen and oxygen atoms in total. The highest BCUT2D eigenvalue weighted by molar-refractivity contribution is 5.69. The van der Waals surface area contributed by atoms with E-state index in [9.17, 15) is 30.0 Å². The summed E-state index contributed by atoms with van der Waals surface area (Å²) in [7, 11) is 0. The largest absolute Gasteiger partial charge is 0.462 e. The van der Waals surface area contributed by atoms with Gasteiger partial charge in [0.2, 0.25) is 0 Å². The molecule has 264 valence electrons. The second kappa shape index (κ2) is 15.2. The van der Waals surface area contributed by atoms with Gasteiger partial charge in [0.1, 0.15) is 6.10 Å². The molecule has 9 atom stereocenters. The SMILES string of the molecule is C[C@]12C[C@@H](O)[C@H]3[C@@H](CC[C@]4(O)C[C@@H](OC(=O)CCCCCC=CCCCCCCO)CC[C@]34CO)[C@@]1(O)CC[C@@H]2c1ccc(=O)oc1. The second-order valence-corrected chi connectivity index (χ2v) is 15.5. The summed E-state index contributed by atoms with van der Waals surface area (Å²) in [5, 5.41) is 56.3. The van der Waals surface area contributed by atoms with Gasteiger partial charge in [-0.25, -0.2) is 4.79 Å². The zero-order valence-corrected chi connectivity index (χ0v) is 28.3. The number of ether oxygens (including phenoxy) is 1. The van der Waals surface area contributed by atoms with Crippen LogP contribution in [0.4, 0.5) is 0 Å². The van der Waals surface area contributed by atoms with Crippen LogP contribution in [0.1, 0.15) is 134 Å². The predicted molar refractivity (Wildman–Crippen MR) is 177 cm³/mol. The third-order valence-electron chi connectivity index (χ3n) is 13.0. The molecule has 4 aliphatic rings. The van der Waals surface area contributed by atoms with Crippen LogP contribution in [-0.2, 0) is 9.53 Å². The van der Waals surface area contributed by atoms with E-state index in [0.29, 0.717) is 51.4 Å². The van der Waals surface area contributed by atoms with Crippen molar-refractivity contribution in [1.82, 2.24) is 0 Å². The fourth-order valence-electron chi connectivity index (χ4n) is 10.5. The minimum Gasteiger partial charge on any atom is -0.462 e. The number of hydrogen-bond acceptors (Lipinski definition) is 9. The van der Waals surface area contributed by atoms with E-state index in [2.05, 4.69) is 12.2 Å². The Balaban J connectivity index is 1.14. The monoisotopic (exact) mass is 658 g/mol. The Bertz CT molecular complexity index is 1260. The van der Waals surface area contributed by atoms with Crippen LogP contribution >= 0.6 is 0 Å². The summed E-state index contributed by atoms with van der Waals surface area (Å²) >= 11 is 0. The molecule has 4 aliphatic carbocycles. The molecule has 0 spiro atoms. The average molecular weight is 659 g/mol. The molecule has 0 amide bonds. The minimum absolute atomic E-state index is 0.0943. The first kappa shape index (κ1) is 36.2. The lowest BCUT2D eigenvalue weighted by Gasteiger charge is -2.67. The summed E-state index contributed by atoms with van der Waals surface area (Å²) in [6, 6.07) is 3.16. The maximum atomic E-state index is 12.8. The average Bonchev–Trinajstić information content (AvgIpc) is 3.31. The lowest BCUT2D eigenvalue weighted by atomic mass is 9.41. The van der Waals surface area contributed by atoms with E-state index in [1.807, 2.05) is 6.92 Å². The minimum atomic E-state index is -1.32. The van der Waals surface area contributed by atoms with Crippen molar-refractivity contribution in [2.45, 2.75) is 152 Å². The smallest absolute Gasteiger partial charge is 0.335 e. The summed E-state index contributed by atoms with van der Waals surface area (Å²) in [6.45, 7) is 2.00. The Morgan fingerprint density at radius 1 is 0.936 bits per heavy atom. The van der Waals surface area contributed by atoms with Gasteiger partial charge in [0.25, 0.3) is 0 Å². The first-order valence-electron chi connectivity index (χ1n) is 18.3. The maximum absolute atomic E-state index is 12.8. The number of fused-ring (bicyclic) bond motifs is 5. The highest BCUT2D eigenvalue weighted by Gasteiger charge is 2.73. The van der Waals surface area contributed by atoms with Crippen LogP contribution in [0.3, 0.4) is 0 Å². The number of unbranched alkanes of at least 4 members (excludes halogenated alkanes) is 7. The van der Waals surface area contributed by atoms with Gasteiger partial charge in [-0.3, -0.25) is 4.79 Å². The fraction of sp³-hybridized carbons (Fsp3) is 0.789. The molecule has 1 aromatic heterocycles. The van der Waals surface area contributed by atoms with E-state index >= 15 is 0 Å². The molecule has 0 aromatic carbocycles. The van der Waals surface area contributed by atoms with Crippen molar-refractivity contribution in [2.75, 3.05) is 13.2 Å². The highest BCUT2D eigenvalue weighted by Crippen LogP contribution is 2.71. The van der Waals surface area contributed by atoms with Crippen molar-refractivity contribution < 1.29 is 39.5 Å². The molecule has 5 N–H and O–H groups in total. The molecule has 0 radical (unpaired) electrons. The number of hydrogen-bond donors (Lipinski definition) is 5. The molecule has 5 rings (SSSR count). The van der Waals surface area contributed by atoms with Crippen LogP contribution in [0.5, 0.6) is 0 Å². The summed E-state index contributed by atoms with van der Waals surface area (Å²) in [4.78, 5) is 24.4. The second-order valence-electron chi connectivity index (χ2n) is 15.5. The first-order valence-corrected chi connectivity index (χ1v) is 18.3. The lowest BCUT2D eigenvalue weighted by molar-refractivity contribution is -0.292. The Morgan fingerprint density at radius 3 is 2.34 bits per heavy atom. The predicted octanol–water partition coefficient (Wildman–Crippen LogP) is 5.30. The van der Waals surface area contributed by atoms with Crippen molar-refractivity contribution in [1.29, 1.82) is 0 Å². The van der Waals surface area contributed by atoms with Crippen LogP contribution in [0.2, 0.25) is 0 Å². The van der Waals surface area contributed by atoms with E-state index in [-0.39, 0.29) is 37.4 Å². The van der Waals surface area contributed by atoms with Crippen LogP contribution in [0.15, 0.2) is 39.8 Å². The van der Waals surface area contributed by atoms with Gasteiger partial charge in [0.15, 0.2) is 0 Å². The number of rotatable bonds is 15. The van der Waals surface area contributed by atoms with Crippen molar-refractivity contribution in [3.8, 4) is 0 Å². The summed E-state index contributed by atoms with van der Waals surface area (Å²) in [5.74, 6) is -1.15. The topological polar surface area (TPSA) is 158 Å². The lowest BCUT2D eigenvalue weighted by Crippen LogP contribution is -2.72. The van der Waals surface area contributed by atoms with Gasteiger partial charge < -0.3 is 34.7 Å². The Kier molecular flexibility index (Phi) is 11.8. The number of carbonyl (C=O) groups excluding carboxylic acids is 1. The van der Waals surface area contributed by atoms with Crippen molar-refractivity contribution in [3.63, 3.8) is 0 Å². The van der Waals surface area contributed by atoms with Crippen molar-refractivity contribution in [3.05, 3.63) is 46.5 Å². The molecule has 4 saturated carbocycles. The van der Waals surface area contributed by atoms with Crippen LogP contribution in [-0.4, -0.2) is 68.1 Å². The van der Waals surface area contributed by atoms with Gasteiger partial charge in [-0.1, -0.05) is 38.3 Å². The number of esters is 1. The van der Waals surface area contributed by atoms with E-state index < -0.39 is 45.8 Å². The standard InChI is InChI=1S/C38H58O9/c1-35-24-31(41)34-30(38(35,45)21-18-29(35)27-14-15-32(42)46-25-27)17-20-37(44)23-28(16-19-36(34,37)26-40)47-33(43)13-11-9-7-5-3-2-4-6-8-10-12-22-39/h2-3,14-15,25,28-31,34,39-41,44-45H,4-13,16-24,26H2,1H3/t28-,29+,30+,31+,34+,35+,36-,37-,38-/m0/s1. The third-order valence-corrected chi connectivity index (χ3v) is 13.0. The molecule has 9 heteroatoms. The summed E-state index contributed by atoms with van der Waals surface area (Å²) in [6.07, 6.45) is 17.6. The van der Waals surface area contributed by atoms with Gasteiger partial charge >= 0.3 is 11.6 Å². The maximum Gasteiger partial charge on any atom is 0.335 e. The molecular formula is C38H58O9. The molecule has 0 unspecified atom stereocenters. The third kappa shape index (κ3) is 7.03. The zero-order valence-electron chi connectivity index (χ0n) is 28.3. The van der Waals surface area contributed by atoms with Gasteiger partial charge in [-0.05, 0) is 107 Å². The van der Waals surface area contributed by atoms with E-state index in [0.717, 1.165) is 63.4 Å². The Hall–Kier alpha value is -2.04. The molecule has 0 bridgehead atoms. The normalized spacial score (nSPS) is 38.1. The number of carbonyl (C=O) groups is 1. The van der Waals surface area contributed by atoms with E-state index in [4.69, 9.17) is 14.3 Å². The molecule has 0 aliphatic heterocycles. The zero-order chi connectivity index (χ0) is 33.7. The van der Waals surface area contributed by atoms with Gasteiger partial charge in [-0.15, -0.1) is 0 Å². The van der Waals surface area contributed by atoms with Crippen molar-refractivity contribution >= 4 is 5.97 Å². The van der Waals surface area contributed by atoms with Gasteiger partial charge in [0, 0.05) is 42.3 Å². The quantitative estimate of drug-likeness (QED) is 0.0958. The molecular weight excluding hydrogens is 600 g/mol. The molecule has 0 saturated heterocycles. The number of aliphatic hydroxyl groups is 5. The number of aliphatic hydroxyl groups excluding tert-OH is 3. The summed E-state index contributed by atoms with van der Waals surface area (Å²) < 4.78 is 11.0. The Labute approximate surface area is 279 Å². The van der Waals surface area contributed by atoms with Gasteiger partial charge in [0.05, 0.1) is 30.2 Å². The van der Waals surface area contributed by atoms with Gasteiger partial charge in [-0.2, -0.15) is 0 Å². The summed E-state index contributed by atoms with van der Waals surface area (Å²) in [5.41, 5.74) is -3.67. The van der Waals surface area contributed by atoms with Crippen molar-refractivity contribution in [2.24, 2.45) is 22.7 Å². The molecule has 47 heavy (non-hydrogen) atoms. The fourth-order valence-corrected chi connectivity index (χ4v) is 10.5.